The second kappa shape index (κ2) is 15.9. The summed E-state index contributed by atoms with van der Waals surface area (Å²) in [6.45, 7) is 9.73. The van der Waals surface area contributed by atoms with Gasteiger partial charge in [-0.1, -0.05) is 84.3 Å². The first-order valence-corrected chi connectivity index (χ1v) is 12.5. The van der Waals surface area contributed by atoms with E-state index in [0.29, 0.717) is 19.6 Å². The number of carbonyl (C=O) groups excluding carboxylic acids is 1. The Morgan fingerprint density at radius 3 is 1.87 bits per heavy atom. The molecule has 0 aromatic rings. The molecule has 1 rings (SSSR count). The Kier molecular flexibility index (Phi) is 14.4. The molecule has 176 valence electrons. The van der Waals surface area contributed by atoms with Gasteiger partial charge in [-0.2, -0.15) is 0 Å². The molecule has 0 radical (unpaired) electrons. The van der Waals surface area contributed by atoms with E-state index in [9.17, 15) is 4.79 Å². The number of rotatable bonds is 17. The fourth-order valence-corrected chi connectivity index (χ4v) is 3.49. The van der Waals surface area contributed by atoms with E-state index in [1.807, 2.05) is 6.92 Å². The summed E-state index contributed by atoms with van der Waals surface area (Å²) in [5.74, 6) is -0.945. The van der Waals surface area contributed by atoms with Gasteiger partial charge < -0.3 is 14.2 Å². The van der Waals surface area contributed by atoms with E-state index in [-0.39, 0.29) is 18.0 Å². The van der Waals surface area contributed by atoms with Gasteiger partial charge in [-0.25, -0.2) is 0 Å². The predicted octanol–water partition coefficient (Wildman–Crippen LogP) is 7.36. The molecule has 1 aliphatic heterocycles. The van der Waals surface area contributed by atoms with Crippen LogP contribution < -0.4 is 0 Å². The molecule has 1 fully saturated rings. The van der Waals surface area contributed by atoms with Crippen molar-refractivity contribution in [3.63, 3.8) is 0 Å². The Morgan fingerprint density at radius 2 is 1.30 bits per heavy atom. The van der Waals surface area contributed by atoms with E-state index in [4.69, 9.17) is 14.2 Å². The van der Waals surface area contributed by atoms with Gasteiger partial charge in [-0.15, -0.1) is 0 Å². The second-order valence-electron chi connectivity index (χ2n) is 9.87. The van der Waals surface area contributed by atoms with Crippen LogP contribution in [0.25, 0.3) is 0 Å². The molecule has 0 aromatic heterocycles. The highest BCUT2D eigenvalue weighted by Gasteiger charge is 2.37. The van der Waals surface area contributed by atoms with Crippen molar-refractivity contribution < 1.29 is 19.0 Å². The molecule has 30 heavy (non-hydrogen) atoms. The summed E-state index contributed by atoms with van der Waals surface area (Å²) in [4.78, 5) is 11.9. The van der Waals surface area contributed by atoms with E-state index in [2.05, 4.69) is 32.9 Å². The molecule has 4 heteroatoms. The lowest BCUT2D eigenvalue weighted by Gasteiger charge is -2.40. The zero-order valence-corrected chi connectivity index (χ0v) is 20.3. The van der Waals surface area contributed by atoms with Gasteiger partial charge in [0.05, 0.1) is 13.2 Å². The summed E-state index contributed by atoms with van der Waals surface area (Å²) in [5.41, 5.74) is 0.0210. The zero-order chi connectivity index (χ0) is 22.1. The SMILES string of the molecule is CCCCCCCCC=CCCCCCCCC(=O)OCC1(C)OCC(C)(C)CO1. The number of allylic oxidation sites excluding steroid dienone is 2. The topological polar surface area (TPSA) is 44.8 Å². The fourth-order valence-electron chi connectivity index (χ4n) is 3.49. The molecule has 0 aliphatic carbocycles. The Bertz CT molecular complexity index is 460. The Hall–Kier alpha value is -0.870. The Balaban J connectivity index is 1.88. The van der Waals surface area contributed by atoms with E-state index < -0.39 is 5.79 Å². The van der Waals surface area contributed by atoms with Crippen molar-refractivity contribution in [1.82, 2.24) is 0 Å². The molecule has 0 saturated carbocycles. The third-order valence-electron chi connectivity index (χ3n) is 5.67. The average Bonchev–Trinajstić information content (AvgIpc) is 2.72. The molecule has 1 aliphatic rings. The normalized spacial score (nSPS) is 18.0. The number of carbonyl (C=O) groups is 1. The van der Waals surface area contributed by atoms with Crippen LogP contribution in [0.3, 0.4) is 0 Å². The van der Waals surface area contributed by atoms with Crippen LogP contribution in [0.2, 0.25) is 0 Å². The molecule has 0 N–H and O–H groups in total. The van der Waals surface area contributed by atoms with Gasteiger partial charge in [0.2, 0.25) is 0 Å². The van der Waals surface area contributed by atoms with E-state index in [1.54, 1.807) is 0 Å². The van der Waals surface area contributed by atoms with Gasteiger partial charge in [0.1, 0.15) is 6.61 Å². The summed E-state index contributed by atoms with van der Waals surface area (Å²) in [5, 5.41) is 0. The molecule has 0 aromatic carbocycles. The monoisotopic (exact) mass is 424 g/mol. The fraction of sp³-hybridized carbons (Fsp3) is 0.885. The average molecular weight is 425 g/mol. The van der Waals surface area contributed by atoms with Gasteiger partial charge in [0, 0.05) is 11.8 Å². The molecule has 4 nitrogen and oxygen atoms in total. The highest BCUT2D eigenvalue weighted by atomic mass is 16.7. The van der Waals surface area contributed by atoms with Gasteiger partial charge in [0.25, 0.3) is 0 Å². The van der Waals surface area contributed by atoms with Crippen LogP contribution in [0.15, 0.2) is 12.2 Å². The van der Waals surface area contributed by atoms with Gasteiger partial charge in [-0.3, -0.25) is 4.79 Å². The van der Waals surface area contributed by atoms with Crippen molar-refractivity contribution in [2.75, 3.05) is 19.8 Å². The lowest BCUT2D eigenvalue weighted by molar-refractivity contribution is -0.303. The predicted molar refractivity (Wildman–Crippen MR) is 125 cm³/mol. The van der Waals surface area contributed by atoms with Gasteiger partial charge in [-0.05, 0) is 39.0 Å². The molecule has 1 saturated heterocycles. The summed E-state index contributed by atoms with van der Waals surface area (Å²) < 4.78 is 16.9. The molecule has 0 amide bonds. The maximum atomic E-state index is 11.9. The van der Waals surface area contributed by atoms with Gasteiger partial charge in [0.15, 0.2) is 5.79 Å². The summed E-state index contributed by atoms with van der Waals surface area (Å²) in [6, 6.07) is 0. The Labute approximate surface area is 186 Å². The summed E-state index contributed by atoms with van der Waals surface area (Å²) in [7, 11) is 0. The van der Waals surface area contributed by atoms with Crippen molar-refractivity contribution in [3.8, 4) is 0 Å². The standard InChI is InChI=1S/C26H48O4/c1-5-6-7-8-9-10-11-12-13-14-15-16-17-18-19-20-24(27)28-23-26(4)29-21-25(2,3)22-30-26/h12-13H,5-11,14-23H2,1-4H3. The zero-order valence-electron chi connectivity index (χ0n) is 20.3. The smallest absolute Gasteiger partial charge is 0.305 e. The lowest BCUT2D eigenvalue weighted by atomic mass is 9.95. The molecular weight excluding hydrogens is 376 g/mol. The highest BCUT2D eigenvalue weighted by Crippen LogP contribution is 2.29. The van der Waals surface area contributed by atoms with Crippen molar-refractivity contribution >= 4 is 5.97 Å². The molecule has 0 bridgehead atoms. The first kappa shape index (κ1) is 27.2. The third kappa shape index (κ3) is 14.2. The van der Waals surface area contributed by atoms with E-state index >= 15 is 0 Å². The maximum absolute atomic E-state index is 11.9. The number of hydrogen-bond acceptors (Lipinski definition) is 4. The molecular formula is C26H48O4. The van der Waals surface area contributed by atoms with Crippen molar-refractivity contribution in [2.45, 2.75) is 123 Å². The number of esters is 1. The minimum absolute atomic E-state index is 0.0210. The minimum Gasteiger partial charge on any atom is -0.460 e. The second-order valence-corrected chi connectivity index (χ2v) is 9.87. The van der Waals surface area contributed by atoms with Crippen LogP contribution in [0.4, 0.5) is 0 Å². The van der Waals surface area contributed by atoms with Crippen LogP contribution >= 0.6 is 0 Å². The van der Waals surface area contributed by atoms with Crippen molar-refractivity contribution in [2.24, 2.45) is 5.41 Å². The van der Waals surface area contributed by atoms with Crippen molar-refractivity contribution in [1.29, 1.82) is 0 Å². The van der Waals surface area contributed by atoms with Crippen LogP contribution in [0.1, 0.15) is 118 Å². The van der Waals surface area contributed by atoms with Crippen LogP contribution in [-0.2, 0) is 19.0 Å². The first-order valence-electron chi connectivity index (χ1n) is 12.5. The first-order chi connectivity index (χ1) is 14.4. The van der Waals surface area contributed by atoms with E-state index in [0.717, 1.165) is 12.8 Å². The van der Waals surface area contributed by atoms with Crippen LogP contribution in [-0.4, -0.2) is 31.6 Å². The highest BCUT2D eigenvalue weighted by molar-refractivity contribution is 5.69. The molecule has 0 unspecified atom stereocenters. The quantitative estimate of drug-likeness (QED) is 0.139. The molecule has 0 atom stereocenters. The number of hydrogen-bond donors (Lipinski definition) is 0. The molecule has 1 heterocycles. The van der Waals surface area contributed by atoms with Crippen molar-refractivity contribution in [3.05, 3.63) is 12.2 Å². The number of unbranched alkanes of at least 4 members (excludes halogenated alkanes) is 11. The van der Waals surface area contributed by atoms with Gasteiger partial charge >= 0.3 is 5.97 Å². The van der Waals surface area contributed by atoms with E-state index in [1.165, 1.54) is 70.6 Å². The largest absolute Gasteiger partial charge is 0.460 e. The number of ether oxygens (including phenoxy) is 3. The minimum atomic E-state index is -0.798. The maximum Gasteiger partial charge on any atom is 0.305 e. The molecule has 0 spiro atoms. The van der Waals surface area contributed by atoms with Crippen LogP contribution in [0, 0.1) is 5.41 Å². The lowest BCUT2D eigenvalue weighted by Crippen LogP contribution is -2.48. The Morgan fingerprint density at radius 1 is 0.800 bits per heavy atom. The third-order valence-corrected chi connectivity index (χ3v) is 5.67. The summed E-state index contributed by atoms with van der Waals surface area (Å²) >= 11 is 0. The van der Waals surface area contributed by atoms with Crippen LogP contribution in [0.5, 0.6) is 0 Å². The summed E-state index contributed by atoms with van der Waals surface area (Å²) in [6.07, 6.45) is 21.5.